The summed E-state index contributed by atoms with van der Waals surface area (Å²) in [6, 6.07) is 12.0. The van der Waals surface area contributed by atoms with Crippen molar-refractivity contribution in [3.63, 3.8) is 0 Å². The predicted octanol–water partition coefficient (Wildman–Crippen LogP) is 2.47. The van der Waals surface area contributed by atoms with Crippen LogP contribution >= 0.6 is 0 Å². The van der Waals surface area contributed by atoms with Crippen LogP contribution in [0.4, 0.5) is 5.69 Å². The van der Waals surface area contributed by atoms with Gasteiger partial charge in [0.15, 0.2) is 5.76 Å². The number of hydrogen-bond donors (Lipinski definition) is 1. The molecule has 1 aliphatic heterocycles. The molecule has 0 unspecified atom stereocenters. The van der Waals surface area contributed by atoms with Gasteiger partial charge in [-0.1, -0.05) is 18.2 Å². The Hall–Kier alpha value is -2.32. The average Bonchev–Trinajstić information content (AvgIpc) is 3.11. The van der Waals surface area contributed by atoms with Gasteiger partial charge in [-0.25, -0.2) is 8.42 Å². The first kappa shape index (κ1) is 18.5. The lowest BCUT2D eigenvalue weighted by Crippen LogP contribution is -2.46. The molecule has 140 valence electrons. The van der Waals surface area contributed by atoms with E-state index in [-0.39, 0.29) is 24.8 Å². The van der Waals surface area contributed by atoms with Crippen molar-refractivity contribution in [2.75, 3.05) is 24.9 Å². The number of furan rings is 1. The molecule has 1 atom stereocenters. The molecule has 3 rings (SSSR count). The van der Waals surface area contributed by atoms with Crippen molar-refractivity contribution in [3.05, 3.63) is 54.0 Å². The van der Waals surface area contributed by atoms with Crippen LogP contribution in [0.5, 0.6) is 0 Å². The fourth-order valence-corrected chi connectivity index (χ4v) is 4.48. The molecular formula is C18H22N2O5S. The number of nitrogens with one attached hydrogen (secondary N) is 1. The number of benzene rings is 1. The Morgan fingerprint density at radius 2 is 2.04 bits per heavy atom. The normalized spacial score (nSPS) is 17.9. The van der Waals surface area contributed by atoms with Gasteiger partial charge in [0.2, 0.25) is 10.0 Å². The van der Waals surface area contributed by atoms with Gasteiger partial charge in [0, 0.05) is 25.9 Å². The number of rotatable bonds is 6. The van der Waals surface area contributed by atoms with E-state index in [2.05, 4.69) is 4.72 Å². The third-order valence-corrected chi connectivity index (χ3v) is 6.08. The van der Waals surface area contributed by atoms with E-state index in [0.29, 0.717) is 30.8 Å². The molecule has 0 saturated carbocycles. The second-order valence-electron chi connectivity index (χ2n) is 6.23. The molecule has 1 aliphatic rings. The van der Waals surface area contributed by atoms with E-state index in [0.717, 1.165) is 0 Å². The van der Waals surface area contributed by atoms with E-state index in [1.54, 1.807) is 43.5 Å². The third-order valence-electron chi connectivity index (χ3n) is 4.30. The molecule has 1 saturated heterocycles. The Labute approximate surface area is 153 Å². The third kappa shape index (κ3) is 4.25. The Morgan fingerprint density at radius 3 is 2.77 bits per heavy atom. The lowest BCUT2D eigenvalue weighted by atomic mass is 10.1. The maximum atomic E-state index is 12.7. The summed E-state index contributed by atoms with van der Waals surface area (Å²) in [4.78, 5) is 14.2. The molecule has 0 bridgehead atoms. The smallest absolute Gasteiger partial charge is 0.289 e. The standard InChI is InChI=1S/C18H22N2O5S/c1-24-13-15-9-10-17(25-15)18(21)20-11-5-8-16(12-20)26(22,23)19-14-6-3-2-4-7-14/h2-4,6-7,9-10,16,19H,5,8,11-13H2,1H3/t16-/m0/s1. The predicted molar refractivity (Wildman–Crippen MR) is 97.3 cm³/mol. The SMILES string of the molecule is COCc1ccc(C(=O)N2CCC[C@H](S(=O)(=O)Nc3ccccc3)C2)o1. The van der Waals surface area contributed by atoms with Gasteiger partial charge < -0.3 is 14.1 Å². The molecule has 2 heterocycles. The maximum Gasteiger partial charge on any atom is 0.289 e. The molecule has 2 aromatic rings. The van der Waals surface area contributed by atoms with Gasteiger partial charge in [-0.05, 0) is 37.1 Å². The number of amides is 1. The Balaban J connectivity index is 1.69. The summed E-state index contributed by atoms with van der Waals surface area (Å²) in [5, 5.41) is -0.659. The van der Waals surface area contributed by atoms with Crippen LogP contribution in [0.3, 0.4) is 0 Å². The van der Waals surface area contributed by atoms with E-state index in [9.17, 15) is 13.2 Å². The number of piperidine rings is 1. The number of nitrogens with zero attached hydrogens (tertiary/aromatic N) is 1. The van der Waals surface area contributed by atoms with Gasteiger partial charge in [0.05, 0.1) is 5.25 Å². The Bertz CT molecular complexity index is 847. The molecule has 0 radical (unpaired) electrons. The summed E-state index contributed by atoms with van der Waals surface area (Å²) in [5.74, 6) is 0.459. The van der Waals surface area contributed by atoms with E-state index in [1.165, 1.54) is 4.90 Å². The summed E-state index contributed by atoms with van der Waals surface area (Å²) in [6.07, 6.45) is 1.14. The van der Waals surface area contributed by atoms with Gasteiger partial charge in [0.1, 0.15) is 12.4 Å². The summed E-state index contributed by atoms with van der Waals surface area (Å²) in [5.41, 5.74) is 0.520. The molecular weight excluding hydrogens is 356 g/mol. The first-order chi connectivity index (χ1) is 12.5. The van der Waals surface area contributed by atoms with Crippen LogP contribution in [0.25, 0.3) is 0 Å². The van der Waals surface area contributed by atoms with Gasteiger partial charge in [-0.15, -0.1) is 0 Å². The zero-order chi connectivity index (χ0) is 18.6. The van der Waals surface area contributed by atoms with E-state index < -0.39 is 15.3 Å². The van der Waals surface area contributed by atoms with Crippen LogP contribution in [0.15, 0.2) is 46.9 Å². The molecule has 1 aromatic carbocycles. The molecule has 0 spiro atoms. The van der Waals surface area contributed by atoms with Gasteiger partial charge in [-0.3, -0.25) is 9.52 Å². The largest absolute Gasteiger partial charge is 0.453 e. The number of anilines is 1. The minimum absolute atomic E-state index is 0.140. The highest BCUT2D eigenvalue weighted by atomic mass is 32.2. The van der Waals surface area contributed by atoms with E-state index >= 15 is 0 Å². The fourth-order valence-electron chi connectivity index (χ4n) is 3.00. The van der Waals surface area contributed by atoms with E-state index in [4.69, 9.17) is 9.15 Å². The van der Waals surface area contributed by atoms with Crippen LogP contribution < -0.4 is 4.72 Å². The molecule has 1 amide bonds. The first-order valence-corrected chi connectivity index (χ1v) is 9.98. The van der Waals surface area contributed by atoms with Gasteiger partial charge in [-0.2, -0.15) is 0 Å². The highest BCUT2D eigenvalue weighted by Gasteiger charge is 2.33. The number of para-hydroxylation sites is 1. The average molecular weight is 378 g/mol. The second-order valence-corrected chi connectivity index (χ2v) is 8.19. The molecule has 1 aromatic heterocycles. The number of sulfonamides is 1. The van der Waals surface area contributed by atoms with Crippen molar-refractivity contribution in [3.8, 4) is 0 Å². The number of carbonyl (C=O) groups is 1. The number of methoxy groups -OCH3 is 1. The zero-order valence-electron chi connectivity index (χ0n) is 14.6. The highest BCUT2D eigenvalue weighted by Crippen LogP contribution is 2.22. The minimum atomic E-state index is -3.58. The van der Waals surface area contributed by atoms with Crippen LogP contribution in [-0.4, -0.2) is 44.7 Å². The fraction of sp³-hybridized carbons (Fsp3) is 0.389. The highest BCUT2D eigenvalue weighted by molar-refractivity contribution is 7.93. The van der Waals surface area contributed by atoms with Crippen molar-refractivity contribution in [2.45, 2.75) is 24.7 Å². The van der Waals surface area contributed by atoms with Crippen molar-refractivity contribution >= 4 is 21.6 Å². The summed E-state index contributed by atoms with van der Waals surface area (Å²) >= 11 is 0. The number of likely N-dealkylation sites (tertiary alicyclic amines) is 1. The summed E-state index contributed by atoms with van der Waals surface area (Å²) in [7, 11) is -2.04. The summed E-state index contributed by atoms with van der Waals surface area (Å²) < 4.78 is 38.4. The van der Waals surface area contributed by atoms with E-state index in [1.807, 2.05) is 6.07 Å². The van der Waals surface area contributed by atoms with Gasteiger partial charge in [0.25, 0.3) is 5.91 Å². The summed E-state index contributed by atoms with van der Waals surface area (Å²) in [6.45, 7) is 0.934. The monoisotopic (exact) mass is 378 g/mol. The van der Waals surface area contributed by atoms with Crippen LogP contribution in [0.2, 0.25) is 0 Å². The molecule has 1 N–H and O–H groups in total. The minimum Gasteiger partial charge on any atom is -0.453 e. The van der Waals surface area contributed by atoms with Crippen molar-refractivity contribution in [2.24, 2.45) is 0 Å². The zero-order valence-corrected chi connectivity index (χ0v) is 15.4. The quantitative estimate of drug-likeness (QED) is 0.834. The van der Waals surface area contributed by atoms with Crippen molar-refractivity contribution in [1.82, 2.24) is 4.90 Å². The molecule has 26 heavy (non-hydrogen) atoms. The molecule has 8 heteroatoms. The van der Waals surface area contributed by atoms with Crippen LogP contribution in [0.1, 0.15) is 29.2 Å². The van der Waals surface area contributed by atoms with Gasteiger partial charge >= 0.3 is 0 Å². The maximum absolute atomic E-state index is 12.7. The van der Waals surface area contributed by atoms with Crippen molar-refractivity contribution < 1.29 is 22.4 Å². The van der Waals surface area contributed by atoms with Crippen molar-refractivity contribution in [1.29, 1.82) is 0 Å². The Kier molecular flexibility index (Phi) is 5.63. The molecule has 0 aliphatic carbocycles. The lowest BCUT2D eigenvalue weighted by molar-refractivity contribution is 0.0687. The first-order valence-electron chi connectivity index (χ1n) is 8.43. The number of carbonyl (C=O) groups excluding carboxylic acids is 1. The molecule has 1 fully saturated rings. The lowest BCUT2D eigenvalue weighted by Gasteiger charge is -2.32. The van der Waals surface area contributed by atoms with Crippen LogP contribution in [-0.2, 0) is 21.4 Å². The molecule has 7 nitrogen and oxygen atoms in total. The number of hydrogen-bond acceptors (Lipinski definition) is 5. The second kappa shape index (κ2) is 7.92. The topological polar surface area (TPSA) is 88.8 Å². The Morgan fingerprint density at radius 1 is 1.27 bits per heavy atom. The van der Waals surface area contributed by atoms with Crippen LogP contribution in [0, 0.1) is 0 Å². The number of ether oxygens (including phenoxy) is 1.